The van der Waals surface area contributed by atoms with Gasteiger partial charge in [0.05, 0.1) is 11.3 Å². The maximum atomic E-state index is 12.8. The summed E-state index contributed by atoms with van der Waals surface area (Å²) < 4.78 is 0. The number of aryl methyl sites for hydroxylation is 2. The number of nitrogens with one attached hydrogen (secondary N) is 2. The number of nitrogens with zero attached hydrogens (tertiary/aromatic N) is 2. The Morgan fingerprint density at radius 2 is 1.80 bits per heavy atom. The molecule has 6 nitrogen and oxygen atoms in total. The number of piperidine rings is 1. The molecule has 1 spiro atoms. The van der Waals surface area contributed by atoms with E-state index in [0.29, 0.717) is 36.5 Å². The van der Waals surface area contributed by atoms with Crippen molar-refractivity contribution in [1.29, 1.82) is 0 Å². The van der Waals surface area contributed by atoms with Crippen LogP contribution in [0.1, 0.15) is 41.3 Å². The summed E-state index contributed by atoms with van der Waals surface area (Å²) >= 11 is 6.22. The summed E-state index contributed by atoms with van der Waals surface area (Å²) in [5.74, 6) is -0.0838. The molecule has 4 rings (SSSR count). The van der Waals surface area contributed by atoms with Gasteiger partial charge in [0.25, 0.3) is 5.91 Å². The van der Waals surface area contributed by atoms with Gasteiger partial charge in [0.2, 0.25) is 0 Å². The van der Waals surface area contributed by atoms with Gasteiger partial charge < -0.3 is 20.4 Å². The molecule has 30 heavy (non-hydrogen) atoms. The number of urea groups is 1. The third kappa shape index (κ3) is 3.72. The predicted molar refractivity (Wildman–Crippen MR) is 120 cm³/mol. The minimum absolute atomic E-state index is 0.0838. The van der Waals surface area contributed by atoms with Crippen LogP contribution in [-0.2, 0) is 0 Å². The van der Waals surface area contributed by atoms with Gasteiger partial charge in [0, 0.05) is 43.2 Å². The third-order valence-corrected chi connectivity index (χ3v) is 6.26. The van der Waals surface area contributed by atoms with Gasteiger partial charge in [-0.05, 0) is 62.2 Å². The summed E-state index contributed by atoms with van der Waals surface area (Å²) in [6.07, 6.45) is 1.30. The first-order valence-electron chi connectivity index (χ1n) is 10.4. The van der Waals surface area contributed by atoms with Crippen LogP contribution in [0.3, 0.4) is 0 Å². The summed E-state index contributed by atoms with van der Waals surface area (Å²) in [5, 5.41) is 6.84. The molecular weight excluding hydrogens is 400 g/mol. The van der Waals surface area contributed by atoms with Crippen molar-refractivity contribution in [3.63, 3.8) is 0 Å². The predicted octanol–water partition coefficient (Wildman–Crippen LogP) is 4.55. The molecule has 3 amide bonds. The highest BCUT2D eigenvalue weighted by Gasteiger charge is 2.45. The number of hydrogen-bond acceptors (Lipinski definition) is 3. The molecule has 0 unspecified atom stereocenters. The zero-order chi connectivity index (χ0) is 21.5. The molecule has 1 saturated heterocycles. The van der Waals surface area contributed by atoms with Crippen molar-refractivity contribution < 1.29 is 9.59 Å². The fraction of sp³-hybridized carbons (Fsp3) is 0.391. The van der Waals surface area contributed by atoms with Crippen LogP contribution in [0.15, 0.2) is 36.4 Å². The lowest BCUT2D eigenvalue weighted by Gasteiger charge is -2.52. The first-order valence-corrected chi connectivity index (χ1v) is 10.7. The standard InChI is InChI=1S/C23H27ClN4O2/c1-4-28-20-14-17(24)5-6-19(20)21(29)26-23(28)7-9-27(10-8-23)22(30)25-18-12-15(2)11-16(3)13-18/h5-6,11-14H,4,7-10H2,1-3H3,(H,25,30)(H,26,29). The second-order valence-electron chi connectivity index (χ2n) is 8.19. The smallest absolute Gasteiger partial charge is 0.321 e. The number of amides is 3. The second kappa shape index (κ2) is 7.84. The zero-order valence-corrected chi connectivity index (χ0v) is 18.3. The second-order valence-corrected chi connectivity index (χ2v) is 8.62. The fourth-order valence-electron chi connectivity index (χ4n) is 4.69. The van der Waals surface area contributed by atoms with Gasteiger partial charge in [-0.3, -0.25) is 4.79 Å². The van der Waals surface area contributed by atoms with Crippen molar-refractivity contribution in [2.75, 3.05) is 29.9 Å². The van der Waals surface area contributed by atoms with E-state index >= 15 is 0 Å². The average molecular weight is 427 g/mol. The normalized spacial score (nSPS) is 17.5. The van der Waals surface area contributed by atoms with Crippen LogP contribution in [0.2, 0.25) is 5.02 Å². The van der Waals surface area contributed by atoms with Gasteiger partial charge in [-0.2, -0.15) is 0 Å². The first kappa shape index (κ1) is 20.5. The number of benzene rings is 2. The Morgan fingerprint density at radius 1 is 1.13 bits per heavy atom. The monoisotopic (exact) mass is 426 g/mol. The lowest BCUT2D eigenvalue weighted by molar-refractivity contribution is 0.0808. The van der Waals surface area contributed by atoms with Gasteiger partial charge in [-0.25, -0.2) is 4.79 Å². The third-order valence-electron chi connectivity index (χ3n) is 6.03. The van der Waals surface area contributed by atoms with Crippen LogP contribution in [0.5, 0.6) is 0 Å². The van der Waals surface area contributed by atoms with Crippen molar-refractivity contribution in [3.8, 4) is 0 Å². The molecule has 0 saturated carbocycles. The molecule has 0 bridgehead atoms. The van der Waals surface area contributed by atoms with Crippen LogP contribution in [0.4, 0.5) is 16.2 Å². The molecule has 2 aliphatic rings. The van der Waals surface area contributed by atoms with Crippen molar-refractivity contribution in [2.24, 2.45) is 0 Å². The van der Waals surface area contributed by atoms with Crippen molar-refractivity contribution >= 4 is 34.9 Å². The van der Waals surface area contributed by atoms with E-state index in [4.69, 9.17) is 11.6 Å². The number of likely N-dealkylation sites (tertiary alicyclic amines) is 1. The number of anilines is 2. The average Bonchev–Trinajstić information content (AvgIpc) is 2.67. The van der Waals surface area contributed by atoms with E-state index in [-0.39, 0.29) is 11.9 Å². The zero-order valence-electron chi connectivity index (χ0n) is 17.6. The van der Waals surface area contributed by atoms with E-state index in [2.05, 4.69) is 28.5 Å². The van der Waals surface area contributed by atoms with E-state index in [0.717, 1.165) is 29.0 Å². The first-order chi connectivity index (χ1) is 14.3. The minimum Gasteiger partial charge on any atom is -0.348 e. The van der Waals surface area contributed by atoms with E-state index in [1.165, 1.54) is 0 Å². The highest BCUT2D eigenvalue weighted by molar-refractivity contribution is 6.31. The highest BCUT2D eigenvalue weighted by Crippen LogP contribution is 2.38. The maximum absolute atomic E-state index is 12.8. The van der Waals surface area contributed by atoms with Gasteiger partial charge >= 0.3 is 6.03 Å². The molecule has 0 aromatic heterocycles. The van der Waals surface area contributed by atoms with Gasteiger partial charge in [0.1, 0.15) is 5.66 Å². The molecule has 2 aliphatic heterocycles. The maximum Gasteiger partial charge on any atom is 0.321 e. The molecule has 2 aromatic carbocycles. The molecule has 2 aromatic rings. The number of halogens is 1. The Balaban J connectivity index is 1.50. The molecule has 0 atom stereocenters. The summed E-state index contributed by atoms with van der Waals surface area (Å²) in [6.45, 7) is 7.96. The van der Waals surface area contributed by atoms with E-state index in [9.17, 15) is 9.59 Å². The molecule has 2 heterocycles. The minimum atomic E-state index is -0.500. The summed E-state index contributed by atoms with van der Waals surface area (Å²) in [5.41, 5.74) is 4.04. The Bertz CT molecular complexity index is 978. The highest BCUT2D eigenvalue weighted by atomic mass is 35.5. The Morgan fingerprint density at radius 3 is 2.43 bits per heavy atom. The van der Waals surface area contributed by atoms with Gasteiger partial charge in [-0.15, -0.1) is 0 Å². The molecular formula is C23H27ClN4O2. The summed E-state index contributed by atoms with van der Waals surface area (Å²) in [6, 6.07) is 11.3. The molecule has 2 N–H and O–H groups in total. The van der Waals surface area contributed by atoms with Crippen LogP contribution < -0.4 is 15.5 Å². The number of fused-ring (bicyclic) bond motifs is 1. The molecule has 7 heteroatoms. The molecule has 0 aliphatic carbocycles. The van der Waals surface area contributed by atoms with Crippen LogP contribution in [-0.4, -0.2) is 42.1 Å². The largest absolute Gasteiger partial charge is 0.348 e. The lowest BCUT2D eigenvalue weighted by Crippen LogP contribution is -2.68. The number of rotatable bonds is 2. The Kier molecular flexibility index (Phi) is 5.36. The topological polar surface area (TPSA) is 64.7 Å². The SMILES string of the molecule is CCN1c2cc(Cl)ccc2C(=O)NC12CCN(C(=O)Nc1cc(C)cc(C)c1)CC2. The number of carbonyl (C=O) groups is 2. The van der Waals surface area contributed by atoms with E-state index in [1.807, 2.05) is 36.9 Å². The van der Waals surface area contributed by atoms with Crippen molar-refractivity contribution in [1.82, 2.24) is 10.2 Å². The van der Waals surface area contributed by atoms with Crippen LogP contribution >= 0.6 is 11.6 Å². The van der Waals surface area contributed by atoms with Crippen LogP contribution in [0, 0.1) is 13.8 Å². The molecule has 0 radical (unpaired) electrons. The molecule has 158 valence electrons. The van der Waals surface area contributed by atoms with Crippen molar-refractivity contribution in [3.05, 3.63) is 58.1 Å². The van der Waals surface area contributed by atoms with E-state index < -0.39 is 5.66 Å². The summed E-state index contributed by atoms with van der Waals surface area (Å²) in [7, 11) is 0. The number of carbonyl (C=O) groups excluding carboxylic acids is 2. The lowest BCUT2D eigenvalue weighted by atomic mass is 9.90. The Hall–Kier alpha value is -2.73. The van der Waals surface area contributed by atoms with Crippen molar-refractivity contribution in [2.45, 2.75) is 39.3 Å². The van der Waals surface area contributed by atoms with Gasteiger partial charge in [0.15, 0.2) is 0 Å². The number of hydrogen-bond donors (Lipinski definition) is 2. The van der Waals surface area contributed by atoms with Gasteiger partial charge in [-0.1, -0.05) is 17.7 Å². The molecule has 1 fully saturated rings. The quantitative estimate of drug-likeness (QED) is 0.740. The Labute approximate surface area is 182 Å². The van der Waals surface area contributed by atoms with E-state index in [1.54, 1.807) is 12.1 Å². The summed E-state index contributed by atoms with van der Waals surface area (Å²) in [4.78, 5) is 29.6. The fourth-order valence-corrected chi connectivity index (χ4v) is 4.86. The van der Waals surface area contributed by atoms with Crippen LogP contribution in [0.25, 0.3) is 0 Å².